The number of para-hydroxylation sites is 1. The average Bonchev–Trinajstić information content (AvgIpc) is 3.67. The first kappa shape index (κ1) is 31.6. The molecular weight excluding hydrogens is 743 g/mol. The summed E-state index contributed by atoms with van der Waals surface area (Å²) in [5.74, 6) is 1.08. The topological polar surface area (TPSA) is 50.9 Å². The van der Waals surface area contributed by atoms with Gasteiger partial charge in [0.25, 0.3) is 0 Å². The number of hydrogen-bond acceptors (Lipinski definition) is 3. The Bertz CT molecular complexity index is 3190. The highest BCUT2D eigenvalue weighted by Crippen LogP contribution is 2.44. The summed E-state index contributed by atoms with van der Waals surface area (Å²) >= 11 is 0. The predicted molar refractivity (Wildman–Crippen MR) is 258 cm³/mol. The number of pyridine rings is 1. The molecule has 61 heavy (non-hydrogen) atoms. The van der Waals surface area contributed by atoms with Crippen molar-refractivity contribution in [2.75, 3.05) is 0 Å². The summed E-state index contributed by atoms with van der Waals surface area (Å²) in [7, 11) is 0. The molecule has 1 N–H and O–H groups in total. The van der Waals surface area contributed by atoms with Gasteiger partial charge in [0, 0.05) is 35.3 Å². The standard InChI is InChI=1S/C57H59N3O/c1-35(2)41-32-49(36(3)4)54(61)50(33-41)55-59-53-48(18-15-19-52(53)60(55)47-27-37(5)26-42(31-47)38-16-13-12-14-17-38)43-28-44(30-46(29-43)57(9,10)11)51-34-40(24-25-58-51)39-20-22-45(23-21-39)56(6,7)8/h12-36,61H,1-11H3/i6D3,7D3,8D3. The van der Waals surface area contributed by atoms with Crippen LogP contribution in [0.4, 0.5) is 0 Å². The molecule has 6 aromatic carbocycles. The molecule has 0 bridgehead atoms. The molecular formula is C57H59N3O. The molecule has 4 heteroatoms. The predicted octanol–water partition coefficient (Wildman–Crippen LogP) is 15.6. The van der Waals surface area contributed by atoms with Crippen LogP contribution in [0.3, 0.4) is 0 Å². The molecule has 0 aliphatic rings. The van der Waals surface area contributed by atoms with Crippen molar-refractivity contribution in [2.45, 2.75) is 98.6 Å². The molecule has 308 valence electrons. The van der Waals surface area contributed by atoms with Crippen molar-refractivity contribution in [3.63, 3.8) is 0 Å². The van der Waals surface area contributed by atoms with E-state index in [4.69, 9.17) is 22.3 Å². The summed E-state index contributed by atoms with van der Waals surface area (Å²) in [6.07, 6.45) is 1.68. The Kier molecular flexibility index (Phi) is 8.27. The number of nitrogens with zero attached hydrogens (tertiary/aromatic N) is 3. The van der Waals surface area contributed by atoms with Crippen LogP contribution in [0.2, 0.25) is 0 Å². The number of aromatic hydroxyl groups is 1. The number of phenolic OH excluding ortho intramolecular Hbond substituents is 1. The number of imidazole rings is 1. The molecule has 0 aliphatic carbocycles. The van der Waals surface area contributed by atoms with E-state index in [1.807, 2.05) is 30.3 Å². The maximum Gasteiger partial charge on any atom is 0.149 e. The zero-order valence-corrected chi connectivity index (χ0v) is 36.2. The Hall–Kier alpha value is -6.26. The fourth-order valence-electron chi connectivity index (χ4n) is 8.13. The summed E-state index contributed by atoms with van der Waals surface area (Å²) in [5, 5.41) is 12.2. The average molecular weight is 811 g/mol. The minimum Gasteiger partial charge on any atom is -0.507 e. The van der Waals surface area contributed by atoms with Gasteiger partial charge in [0.2, 0.25) is 0 Å². The van der Waals surface area contributed by atoms with Crippen LogP contribution in [0, 0.1) is 6.92 Å². The van der Waals surface area contributed by atoms with E-state index in [-0.39, 0.29) is 28.6 Å². The van der Waals surface area contributed by atoms with E-state index >= 15 is 0 Å². The largest absolute Gasteiger partial charge is 0.507 e. The first-order chi connectivity index (χ1) is 32.7. The normalized spacial score (nSPS) is 15.0. The van der Waals surface area contributed by atoms with Crippen LogP contribution in [0.25, 0.3) is 72.7 Å². The SMILES string of the molecule is [2H]C([2H])([2H])C(c1ccc(-c2ccnc(-c3cc(-c4cccc5c4nc(-c4cc(C(C)C)cc(C(C)C)c4O)n5-c4cc(C)cc(-c5ccccc5)c4)cc(C(C)(C)C)c3)c2)cc1)(C([2H])([2H])[2H])C([2H])([2H])[2H]. The number of fused-ring (bicyclic) bond motifs is 1. The lowest BCUT2D eigenvalue weighted by Gasteiger charge is -2.22. The van der Waals surface area contributed by atoms with Crippen molar-refractivity contribution < 1.29 is 17.4 Å². The van der Waals surface area contributed by atoms with Gasteiger partial charge in [-0.15, -0.1) is 0 Å². The van der Waals surface area contributed by atoms with E-state index in [0.29, 0.717) is 28.2 Å². The van der Waals surface area contributed by atoms with Crippen molar-refractivity contribution in [2.24, 2.45) is 0 Å². The van der Waals surface area contributed by atoms with Gasteiger partial charge in [-0.25, -0.2) is 4.98 Å². The number of phenols is 1. The zero-order valence-electron chi connectivity index (χ0n) is 45.2. The number of aryl methyl sites for hydroxylation is 1. The monoisotopic (exact) mass is 811 g/mol. The van der Waals surface area contributed by atoms with Crippen molar-refractivity contribution in [1.82, 2.24) is 14.5 Å². The van der Waals surface area contributed by atoms with Gasteiger partial charge in [0.05, 0.1) is 22.3 Å². The van der Waals surface area contributed by atoms with Crippen LogP contribution in [-0.2, 0) is 10.8 Å². The van der Waals surface area contributed by atoms with Crippen LogP contribution in [0.5, 0.6) is 5.75 Å². The van der Waals surface area contributed by atoms with Gasteiger partial charge >= 0.3 is 0 Å². The van der Waals surface area contributed by atoms with E-state index in [0.717, 1.165) is 66.8 Å². The van der Waals surface area contributed by atoms with Gasteiger partial charge in [-0.1, -0.05) is 154 Å². The molecule has 0 amide bonds. The van der Waals surface area contributed by atoms with E-state index in [1.165, 1.54) is 12.1 Å². The van der Waals surface area contributed by atoms with E-state index in [2.05, 4.69) is 133 Å². The number of aromatic nitrogens is 3. The number of rotatable bonds is 8. The molecule has 2 aromatic heterocycles. The molecule has 0 atom stereocenters. The van der Waals surface area contributed by atoms with Crippen molar-refractivity contribution >= 4 is 11.0 Å². The van der Waals surface area contributed by atoms with Gasteiger partial charge in [-0.05, 0) is 134 Å². The summed E-state index contributed by atoms with van der Waals surface area (Å²) in [6.45, 7) is 6.98. The quantitative estimate of drug-likeness (QED) is 0.166. The van der Waals surface area contributed by atoms with Gasteiger partial charge in [-0.2, -0.15) is 0 Å². The summed E-state index contributed by atoms with van der Waals surface area (Å²) in [6, 6.07) is 43.1. The van der Waals surface area contributed by atoms with Crippen molar-refractivity contribution in [3.05, 3.63) is 167 Å². The molecule has 0 spiro atoms. The highest BCUT2D eigenvalue weighted by molar-refractivity contribution is 5.97. The van der Waals surface area contributed by atoms with Crippen LogP contribution >= 0.6 is 0 Å². The second kappa shape index (κ2) is 16.0. The Morgan fingerprint density at radius 2 is 1.31 bits per heavy atom. The van der Waals surface area contributed by atoms with Gasteiger partial charge in [0.1, 0.15) is 11.6 Å². The maximum absolute atomic E-state index is 12.2. The lowest BCUT2D eigenvalue weighted by atomic mass is 9.83. The van der Waals surface area contributed by atoms with Crippen molar-refractivity contribution in [1.29, 1.82) is 0 Å². The third-order valence-corrected chi connectivity index (χ3v) is 11.6. The van der Waals surface area contributed by atoms with Gasteiger partial charge < -0.3 is 5.11 Å². The molecule has 0 saturated carbocycles. The third kappa shape index (κ3) is 8.29. The van der Waals surface area contributed by atoms with E-state index in [9.17, 15) is 5.11 Å². The summed E-state index contributed by atoms with van der Waals surface area (Å²) < 4.78 is 75.9. The molecule has 0 aliphatic heterocycles. The van der Waals surface area contributed by atoms with Crippen LogP contribution in [0.15, 0.2) is 140 Å². The molecule has 0 unspecified atom stereocenters. The molecule has 8 rings (SSSR count). The Labute approximate surface area is 375 Å². The summed E-state index contributed by atoms with van der Waals surface area (Å²) in [5.41, 5.74) is 10.3. The minimum atomic E-state index is -3.36. The first-order valence-corrected chi connectivity index (χ1v) is 21.0. The molecule has 0 fully saturated rings. The molecule has 2 heterocycles. The molecule has 0 saturated heterocycles. The van der Waals surface area contributed by atoms with E-state index in [1.54, 1.807) is 24.4 Å². The second-order valence-corrected chi connectivity index (χ2v) is 18.0. The van der Waals surface area contributed by atoms with Gasteiger partial charge in [-0.3, -0.25) is 9.55 Å². The molecule has 0 radical (unpaired) electrons. The second-order valence-electron chi connectivity index (χ2n) is 18.0. The molecule has 4 nitrogen and oxygen atoms in total. The highest BCUT2D eigenvalue weighted by Gasteiger charge is 2.25. The highest BCUT2D eigenvalue weighted by atomic mass is 16.3. The minimum absolute atomic E-state index is 0.0586. The Balaban J connectivity index is 1.33. The number of benzene rings is 6. The molecule has 8 aromatic rings. The lowest BCUT2D eigenvalue weighted by molar-refractivity contribution is 0.466. The van der Waals surface area contributed by atoms with Crippen molar-refractivity contribution in [3.8, 4) is 67.5 Å². The first-order valence-electron chi connectivity index (χ1n) is 25.5. The smallest absolute Gasteiger partial charge is 0.149 e. The maximum atomic E-state index is 12.2. The lowest BCUT2D eigenvalue weighted by Crippen LogP contribution is -2.11. The zero-order chi connectivity index (χ0) is 50.9. The Morgan fingerprint density at radius 1 is 0.590 bits per heavy atom. The Morgan fingerprint density at radius 3 is 2.00 bits per heavy atom. The summed E-state index contributed by atoms with van der Waals surface area (Å²) in [4.78, 5) is 10.4. The van der Waals surface area contributed by atoms with Crippen LogP contribution in [-0.4, -0.2) is 19.6 Å². The van der Waals surface area contributed by atoms with Crippen LogP contribution < -0.4 is 0 Å². The number of hydrogen-bond donors (Lipinski definition) is 1. The van der Waals surface area contributed by atoms with Crippen LogP contribution in [0.1, 0.15) is 121 Å². The fourth-order valence-corrected chi connectivity index (χ4v) is 8.13. The third-order valence-electron chi connectivity index (χ3n) is 11.6. The van der Waals surface area contributed by atoms with Gasteiger partial charge in [0.15, 0.2) is 0 Å². The fraction of sp³-hybridized carbons (Fsp3) is 0.263. The van der Waals surface area contributed by atoms with E-state index < -0.39 is 26.0 Å².